The number of nitrogens with two attached hydrogens (primary N) is 2. The molecule has 1 aromatic carbocycles. The zero-order valence-corrected chi connectivity index (χ0v) is 9.48. The van der Waals surface area contributed by atoms with E-state index in [4.69, 9.17) is 11.6 Å². The third-order valence-corrected chi connectivity index (χ3v) is 2.54. The zero-order valence-electron chi connectivity index (χ0n) is 7.89. The Balaban J connectivity index is 2.26. The van der Waals surface area contributed by atoms with Crippen molar-refractivity contribution in [1.82, 2.24) is 14.9 Å². The van der Waals surface area contributed by atoms with Crippen molar-refractivity contribution in [1.29, 1.82) is 0 Å². The van der Waals surface area contributed by atoms with E-state index in [1.165, 1.54) is 4.68 Å². The predicted octanol–water partition coefficient (Wildman–Crippen LogP) is 0.927. The molecular formula is C9H10BrN5. The molecule has 1 heterocycles. The number of benzene rings is 1. The van der Waals surface area contributed by atoms with Gasteiger partial charge in [-0.1, -0.05) is 28.1 Å². The van der Waals surface area contributed by atoms with Gasteiger partial charge in [-0.05, 0) is 17.7 Å². The normalized spacial score (nSPS) is 10.5. The van der Waals surface area contributed by atoms with Crippen molar-refractivity contribution >= 4 is 21.9 Å². The van der Waals surface area contributed by atoms with Crippen LogP contribution < -0.4 is 11.6 Å². The molecule has 2 rings (SSSR count). The Kier molecular flexibility index (Phi) is 2.59. The fraction of sp³-hybridized carbons (Fsp3) is 0.111. The fourth-order valence-electron chi connectivity index (χ4n) is 1.29. The van der Waals surface area contributed by atoms with E-state index in [0.717, 1.165) is 10.0 Å². The molecule has 0 radical (unpaired) electrons. The van der Waals surface area contributed by atoms with Crippen LogP contribution in [0, 0.1) is 0 Å². The SMILES string of the molecule is Nc1nnc(Cc2cccc(Br)c2)n1N. The fourth-order valence-corrected chi connectivity index (χ4v) is 1.73. The number of nitrogen functional groups attached to an aromatic ring is 2. The Morgan fingerprint density at radius 1 is 1.33 bits per heavy atom. The van der Waals surface area contributed by atoms with Crippen LogP contribution in [0.3, 0.4) is 0 Å². The van der Waals surface area contributed by atoms with E-state index >= 15 is 0 Å². The number of anilines is 1. The summed E-state index contributed by atoms with van der Waals surface area (Å²) in [6, 6.07) is 7.92. The molecule has 0 saturated carbocycles. The maximum absolute atomic E-state index is 5.64. The van der Waals surface area contributed by atoms with E-state index in [1.54, 1.807) is 0 Å². The first-order chi connectivity index (χ1) is 7.16. The highest BCUT2D eigenvalue weighted by Gasteiger charge is 2.07. The average Bonchev–Trinajstić information content (AvgIpc) is 2.50. The number of aromatic nitrogens is 3. The standard InChI is InChI=1S/C9H10BrN5/c10-7-3-1-2-6(4-7)5-8-13-14-9(11)15(8)12/h1-4H,5,12H2,(H2,11,14). The third-order valence-electron chi connectivity index (χ3n) is 2.04. The van der Waals surface area contributed by atoms with Gasteiger partial charge in [-0.2, -0.15) is 0 Å². The molecule has 5 nitrogen and oxygen atoms in total. The molecule has 0 fully saturated rings. The van der Waals surface area contributed by atoms with Gasteiger partial charge in [-0.25, -0.2) is 4.68 Å². The molecule has 0 bridgehead atoms. The lowest BCUT2D eigenvalue weighted by atomic mass is 10.1. The van der Waals surface area contributed by atoms with Crippen molar-refractivity contribution in [2.75, 3.05) is 11.6 Å². The summed E-state index contributed by atoms with van der Waals surface area (Å²) in [6.45, 7) is 0. The minimum Gasteiger partial charge on any atom is -0.366 e. The second kappa shape index (κ2) is 3.90. The van der Waals surface area contributed by atoms with Crippen LogP contribution in [0.5, 0.6) is 0 Å². The van der Waals surface area contributed by atoms with Crippen molar-refractivity contribution in [3.8, 4) is 0 Å². The monoisotopic (exact) mass is 267 g/mol. The van der Waals surface area contributed by atoms with Gasteiger partial charge in [0.1, 0.15) is 0 Å². The van der Waals surface area contributed by atoms with E-state index in [2.05, 4.69) is 26.1 Å². The molecule has 0 aliphatic carbocycles. The number of hydrogen-bond acceptors (Lipinski definition) is 4. The van der Waals surface area contributed by atoms with Crippen molar-refractivity contribution < 1.29 is 0 Å². The largest absolute Gasteiger partial charge is 0.366 e. The molecule has 4 N–H and O–H groups in total. The van der Waals surface area contributed by atoms with Gasteiger partial charge in [-0.15, -0.1) is 10.2 Å². The molecular weight excluding hydrogens is 258 g/mol. The second-order valence-corrected chi connectivity index (χ2v) is 4.07. The lowest BCUT2D eigenvalue weighted by Gasteiger charge is -2.01. The molecule has 0 spiro atoms. The number of rotatable bonds is 2. The van der Waals surface area contributed by atoms with Gasteiger partial charge in [0.15, 0.2) is 5.82 Å². The average molecular weight is 268 g/mol. The van der Waals surface area contributed by atoms with Gasteiger partial charge >= 0.3 is 0 Å². The molecule has 0 unspecified atom stereocenters. The van der Waals surface area contributed by atoms with Crippen molar-refractivity contribution in [3.63, 3.8) is 0 Å². The van der Waals surface area contributed by atoms with E-state index < -0.39 is 0 Å². The molecule has 0 atom stereocenters. The van der Waals surface area contributed by atoms with Gasteiger partial charge in [0, 0.05) is 10.9 Å². The van der Waals surface area contributed by atoms with Crippen LogP contribution in [0.15, 0.2) is 28.7 Å². The Bertz CT molecular complexity index is 479. The number of halogens is 1. The molecule has 6 heteroatoms. The highest BCUT2D eigenvalue weighted by atomic mass is 79.9. The first-order valence-corrected chi connectivity index (χ1v) is 5.15. The molecule has 0 amide bonds. The summed E-state index contributed by atoms with van der Waals surface area (Å²) in [5.41, 5.74) is 6.58. The topological polar surface area (TPSA) is 82.8 Å². The van der Waals surface area contributed by atoms with Gasteiger partial charge < -0.3 is 11.6 Å². The van der Waals surface area contributed by atoms with Crippen molar-refractivity contribution in [3.05, 3.63) is 40.1 Å². The molecule has 15 heavy (non-hydrogen) atoms. The number of nitrogens with zero attached hydrogens (tertiary/aromatic N) is 3. The molecule has 1 aromatic heterocycles. The molecule has 0 saturated heterocycles. The van der Waals surface area contributed by atoms with Gasteiger partial charge in [-0.3, -0.25) is 0 Å². The summed E-state index contributed by atoms with van der Waals surface area (Å²) in [6.07, 6.45) is 0.611. The predicted molar refractivity (Wildman–Crippen MR) is 61.5 cm³/mol. The van der Waals surface area contributed by atoms with E-state index in [-0.39, 0.29) is 5.95 Å². The third kappa shape index (κ3) is 2.10. The quantitative estimate of drug-likeness (QED) is 0.793. The van der Waals surface area contributed by atoms with Gasteiger partial charge in [0.25, 0.3) is 0 Å². The molecule has 0 aliphatic rings. The zero-order chi connectivity index (χ0) is 10.8. The van der Waals surface area contributed by atoms with Crippen LogP contribution in [-0.2, 0) is 6.42 Å². The smallest absolute Gasteiger partial charge is 0.240 e. The van der Waals surface area contributed by atoms with Crippen LogP contribution in [0.25, 0.3) is 0 Å². The van der Waals surface area contributed by atoms with Crippen LogP contribution in [0.2, 0.25) is 0 Å². The summed E-state index contributed by atoms with van der Waals surface area (Å²) in [4.78, 5) is 0. The minimum atomic E-state index is 0.222. The molecule has 0 aliphatic heterocycles. The summed E-state index contributed by atoms with van der Waals surface area (Å²) in [5, 5.41) is 7.58. The van der Waals surface area contributed by atoms with Gasteiger partial charge in [0.05, 0.1) is 0 Å². The summed E-state index contributed by atoms with van der Waals surface area (Å²) in [7, 11) is 0. The summed E-state index contributed by atoms with van der Waals surface area (Å²) in [5.74, 6) is 6.51. The molecule has 78 valence electrons. The number of hydrogen-bond donors (Lipinski definition) is 2. The maximum atomic E-state index is 5.64. The first-order valence-electron chi connectivity index (χ1n) is 4.36. The summed E-state index contributed by atoms with van der Waals surface area (Å²) < 4.78 is 2.32. The van der Waals surface area contributed by atoms with Crippen LogP contribution in [0.1, 0.15) is 11.4 Å². The van der Waals surface area contributed by atoms with Crippen molar-refractivity contribution in [2.24, 2.45) is 0 Å². The van der Waals surface area contributed by atoms with Crippen molar-refractivity contribution in [2.45, 2.75) is 6.42 Å². The van der Waals surface area contributed by atoms with E-state index in [1.807, 2.05) is 24.3 Å². The van der Waals surface area contributed by atoms with Crippen LogP contribution in [-0.4, -0.2) is 14.9 Å². The highest BCUT2D eigenvalue weighted by Crippen LogP contribution is 2.14. The second-order valence-electron chi connectivity index (χ2n) is 3.15. The lowest BCUT2D eigenvalue weighted by Crippen LogP contribution is -2.15. The van der Waals surface area contributed by atoms with Crippen LogP contribution >= 0.6 is 15.9 Å². The minimum absolute atomic E-state index is 0.222. The Labute approximate surface area is 95.2 Å². The van der Waals surface area contributed by atoms with Crippen LogP contribution in [0.4, 0.5) is 5.95 Å². The van der Waals surface area contributed by atoms with Gasteiger partial charge in [0.2, 0.25) is 5.95 Å². The summed E-state index contributed by atoms with van der Waals surface area (Å²) >= 11 is 3.40. The van der Waals surface area contributed by atoms with E-state index in [0.29, 0.717) is 12.2 Å². The Morgan fingerprint density at radius 2 is 2.13 bits per heavy atom. The Morgan fingerprint density at radius 3 is 2.73 bits per heavy atom. The highest BCUT2D eigenvalue weighted by molar-refractivity contribution is 9.10. The first kappa shape index (κ1) is 9.97. The maximum Gasteiger partial charge on any atom is 0.240 e. The Hall–Kier alpha value is -1.56. The van der Waals surface area contributed by atoms with E-state index in [9.17, 15) is 0 Å². The lowest BCUT2D eigenvalue weighted by molar-refractivity contribution is 0.878. The molecule has 2 aromatic rings.